The fraction of sp³-hybridized carbons (Fsp3) is 0.267. The van der Waals surface area contributed by atoms with E-state index in [9.17, 15) is 14.4 Å². The number of Topliss-reactive ketones (excluding diaryl/α,β-unsaturated/α-hetero) is 1. The molecule has 36 heavy (non-hydrogen) atoms. The molecule has 3 aromatic rings. The van der Waals surface area contributed by atoms with Gasteiger partial charge in [-0.25, -0.2) is 4.98 Å². The van der Waals surface area contributed by atoms with E-state index in [1.807, 2.05) is 65.0 Å². The van der Waals surface area contributed by atoms with E-state index in [0.717, 1.165) is 23.1 Å². The molecule has 0 saturated heterocycles. The number of ketones is 1. The first-order valence-electron chi connectivity index (χ1n) is 12.0. The predicted molar refractivity (Wildman–Crippen MR) is 148 cm³/mol. The van der Waals surface area contributed by atoms with Crippen LogP contribution in [0, 0.1) is 0 Å². The lowest BCUT2D eigenvalue weighted by Crippen LogP contribution is -2.25. The normalized spacial score (nSPS) is 9.64. The number of nitrogens with two attached hydrogens (primary N) is 1. The summed E-state index contributed by atoms with van der Waals surface area (Å²) >= 11 is 0. The third-order valence-electron chi connectivity index (χ3n) is 5.15. The van der Waals surface area contributed by atoms with Gasteiger partial charge in [0.15, 0.2) is 5.78 Å². The number of fused-ring (bicyclic) bond motifs is 1. The number of hydrogen-bond donors (Lipinski definition) is 2. The third-order valence-corrected chi connectivity index (χ3v) is 5.15. The molecule has 0 fully saturated rings. The molecule has 190 valence electrons. The number of rotatable bonds is 6. The smallest absolute Gasteiger partial charge is 0.267 e. The zero-order valence-electron chi connectivity index (χ0n) is 22.4. The zero-order chi connectivity index (χ0) is 27.4. The Labute approximate surface area is 214 Å². The number of pyridine rings is 1. The number of allylic oxidation sites excluding steroid dienone is 2. The van der Waals surface area contributed by atoms with E-state index < -0.39 is 5.91 Å². The summed E-state index contributed by atoms with van der Waals surface area (Å²) in [6.07, 6.45) is 1.03. The largest absolute Gasteiger partial charge is 0.364 e. The molecule has 0 unspecified atom stereocenters. The Morgan fingerprint density at radius 3 is 2.00 bits per heavy atom. The van der Waals surface area contributed by atoms with Crippen LogP contribution in [0.5, 0.6) is 0 Å². The summed E-state index contributed by atoms with van der Waals surface area (Å²) in [7, 11) is 0. The number of nitrogens with one attached hydrogen (secondary N) is 1. The fourth-order valence-electron chi connectivity index (χ4n) is 3.30. The molecule has 0 atom stereocenters. The fourth-order valence-corrected chi connectivity index (χ4v) is 3.30. The van der Waals surface area contributed by atoms with Crippen molar-refractivity contribution >= 4 is 28.5 Å². The highest BCUT2D eigenvalue weighted by atomic mass is 16.2. The number of benzene rings is 2. The Hall–Kier alpha value is -4.06. The van der Waals surface area contributed by atoms with Crippen molar-refractivity contribution in [3.05, 3.63) is 100 Å². The average molecular weight is 488 g/mol. The molecule has 0 spiro atoms. The molecule has 0 aliphatic rings. The number of aromatic nitrogens is 1. The topological polar surface area (TPSA) is 102 Å². The van der Waals surface area contributed by atoms with E-state index in [4.69, 9.17) is 5.73 Å². The van der Waals surface area contributed by atoms with Crippen molar-refractivity contribution < 1.29 is 14.4 Å². The lowest BCUT2D eigenvalue weighted by Gasteiger charge is -2.13. The van der Waals surface area contributed by atoms with Gasteiger partial charge in [0.1, 0.15) is 5.69 Å². The second-order valence-electron chi connectivity index (χ2n) is 8.15. The zero-order valence-corrected chi connectivity index (χ0v) is 22.4. The Balaban J connectivity index is 0.000000417. The van der Waals surface area contributed by atoms with Gasteiger partial charge in [-0.3, -0.25) is 14.4 Å². The minimum Gasteiger partial charge on any atom is -0.364 e. The molecule has 0 radical (unpaired) electrons. The van der Waals surface area contributed by atoms with Gasteiger partial charge >= 0.3 is 0 Å². The van der Waals surface area contributed by atoms with Crippen LogP contribution in [0.2, 0.25) is 0 Å². The number of hydrogen-bond acceptors (Lipinski definition) is 4. The summed E-state index contributed by atoms with van der Waals surface area (Å²) in [6.45, 7) is 17.2. The van der Waals surface area contributed by atoms with Crippen LogP contribution < -0.4 is 11.1 Å². The van der Waals surface area contributed by atoms with Crippen molar-refractivity contribution in [1.29, 1.82) is 0 Å². The summed E-state index contributed by atoms with van der Waals surface area (Å²) < 4.78 is 0. The summed E-state index contributed by atoms with van der Waals surface area (Å²) in [4.78, 5) is 39.2. The van der Waals surface area contributed by atoms with Crippen molar-refractivity contribution in [2.45, 2.75) is 54.9 Å². The molecule has 0 bridgehead atoms. The number of primary amides is 1. The van der Waals surface area contributed by atoms with Gasteiger partial charge in [-0.05, 0) is 57.4 Å². The van der Waals surface area contributed by atoms with Gasteiger partial charge in [0.05, 0.1) is 11.1 Å². The summed E-state index contributed by atoms with van der Waals surface area (Å²) in [5.41, 5.74) is 10.7. The number of carbonyl (C=O) groups is 3. The number of nitrogens with zero attached hydrogens (tertiary/aromatic N) is 1. The molecule has 6 nitrogen and oxygen atoms in total. The number of carbonyl (C=O) groups excluding carboxylic acids is 3. The van der Waals surface area contributed by atoms with Crippen molar-refractivity contribution in [2.75, 3.05) is 0 Å². The highest BCUT2D eigenvalue weighted by molar-refractivity contribution is 6.09. The molecule has 2 amide bonds. The van der Waals surface area contributed by atoms with Crippen LogP contribution in [0.4, 0.5) is 0 Å². The Kier molecular flexibility index (Phi) is 12.0. The molecule has 2 aromatic carbocycles. The lowest BCUT2D eigenvalue weighted by molar-refractivity contribution is 0.0966. The van der Waals surface area contributed by atoms with Crippen LogP contribution in [0.25, 0.3) is 10.9 Å². The Morgan fingerprint density at radius 2 is 1.53 bits per heavy atom. The van der Waals surface area contributed by atoms with Gasteiger partial charge in [-0.15, -0.1) is 0 Å². The van der Waals surface area contributed by atoms with E-state index in [1.165, 1.54) is 11.6 Å². The summed E-state index contributed by atoms with van der Waals surface area (Å²) in [5, 5.41) is 3.51. The quantitative estimate of drug-likeness (QED) is 0.310. The van der Waals surface area contributed by atoms with Crippen LogP contribution in [0.15, 0.2) is 78.0 Å². The van der Waals surface area contributed by atoms with Gasteiger partial charge in [-0.1, -0.05) is 75.4 Å². The minimum absolute atomic E-state index is 0.0583. The molecule has 3 rings (SSSR count). The van der Waals surface area contributed by atoms with Gasteiger partial charge < -0.3 is 11.1 Å². The molecule has 0 aliphatic carbocycles. The van der Waals surface area contributed by atoms with E-state index in [2.05, 4.69) is 23.8 Å². The van der Waals surface area contributed by atoms with Gasteiger partial charge in [-0.2, -0.15) is 0 Å². The van der Waals surface area contributed by atoms with Crippen molar-refractivity contribution in [3.8, 4) is 0 Å². The molecule has 0 aliphatic heterocycles. The second-order valence-corrected chi connectivity index (χ2v) is 8.15. The maximum Gasteiger partial charge on any atom is 0.267 e. The van der Waals surface area contributed by atoms with Crippen LogP contribution in [0.1, 0.15) is 85.2 Å². The van der Waals surface area contributed by atoms with E-state index in [0.29, 0.717) is 22.2 Å². The SMILES string of the molecule is C=C(C)C(NC(=O)c1cc(C(N)=O)nc2ccccc12)=C(C)C.CC.CCc1ccc(C(C)=O)cc1. The van der Waals surface area contributed by atoms with E-state index >= 15 is 0 Å². The van der Waals surface area contributed by atoms with Gasteiger partial charge in [0, 0.05) is 16.6 Å². The van der Waals surface area contributed by atoms with Crippen LogP contribution in [-0.4, -0.2) is 22.6 Å². The Morgan fingerprint density at radius 1 is 0.944 bits per heavy atom. The van der Waals surface area contributed by atoms with Crippen LogP contribution in [-0.2, 0) is 6.42 Å². The second kappa shape index (κ2) is 14.4. The molecule has 1 aromatic heterocycles. The van der Waals surface area contributed by atoms with Crippen LogP contribution >= 0.6 is 0 Å². The maximum atomic E-state index is 12.7. The highest BCUT2D eigenvalue weighted by Gasteiger charge is 2.16. The lowest BCUT2D eigenvalue weighted by atomic mass is 10.1. The Bertz CT molecular complexity index is 1270. The van der Waals surface area contributed by atoms with Gasteiger partial charge in [0.25, 0.3) is 11.8 Å². The first kappa shape index (κ1) is 30.0. The van der Waals surface area contributed by atoms with Crippen LogP contribution in [0.3, 0.4) is 0 Å². The first-order chi connectivity index (χ1) is 17.0. The number of para-hydroxylation sites is 1. The average Bonchev–Trinajstić information content (AvgIpc) is 2.87. The first-order valence-corrected chi connectivity index (χ1v) is 12.0. The number of aryl methyl sites for hydroxylation is 1. The third kappa shape index (κ3) is 8.31. The molecule has 3 N–H and O–H groups in total. The standard InChI is InChI=1S/C18H19N3O2.C10H12O.C2H6/c1-10(2)16(11(3)4)21-18(23)13-9-15(17(19)22)20-14-8-6-5-7-12(13)14;1-3-9-4-6-10(7-5-9)8(2)11;1-2/h5-9H,1H2,2-4H3,(H2,19,22)(H,21,23);4-7H,3H2,1-2H3;1-2H3. The summed E-state index contributed by atoms with van der Waals surface area (Å²) in [6, 6.07) is 16.3. The van der Waals surface area contributed by atoms with Crippen molar-refractivity contribution in [2.24, 2.45) is 5.73 Å². The summed E-state index contributed by atoms with van der Waals surface area (Å²) in [5.74, 6) is -0.870. The maximum absolute atomic E-state index is 12.7. The molecule has 6 heteroatoms. The molecule has 0 saturated carbocycles. The van der Waals surface area contributed by atoms with Crippen molar-refractivity contribution in [1.82, 2.24) is 10.3 Å². The minimum atomic E-state index is -0.674. The molecular weight excluding hydrogens is 450 g/mol. The number of amides is 2. The monoisotopic (exact) mass is 487 g/mol. The predicted octanol–water partition coefficient (Wildman–Crippen LogP) is 6.41. The van der Waals surface area contributed by atoms with E-state index in [1.54, 1.807) is 25.1 Å². The highest BCUT2D eigenvalue weighted by Crippen LogP contribution is 2.20. The van der Waals surface area contributed by atoms with Crippen molar-refractivity contribution in [3.63, 3.8) is 0 Å². The van der Waals surface area contributed by atoms with Gasteiger partial charge in [0.2, 0.25) is 0 Å². The van der Waals surface area contributed by atoms with E-state index in [-0.39, 0.29) is 17.4 Å². The molecular formula is C30H37N3O3. The molecule has 1 heterocycles.